The van der Waals surface area contributed by atoms with Gasteiger partial charge >= 0.3 is 0 Å². The van der Waals surface area contributed by atoms with Crippen LogP contribution in [0, 0.1) is 11.3 Å². The molecule has 2 aromatic heterocycles. The van der Waals surface area contributed by atoms with Crippen LogP contribution in [0.25, 0.3) is 5.69 Å². The van der Waals surface area contributed by atoms with Crippen molar-refractivity contribution in [1.82, 2.24) is 25.0 Å². The van der Waals surface area contributed by atoms with Gasteiger partial charge in [-0.3, -0.25) is 4.79 Å². The van der Waals surface area contributed by atoms with Gasteiger partial charge in [0.05, 0.1) is 17.3 Å². The second kappa shape index (κ2) is 8.76. The summed E-state index contributed by atoms with van der Waals surface area (Å²) in [5, 5.41) is 16.3. The molecule has 1 aromatic carbocycles. The molecule has 1 N–H and O–H groups in total. The van der Waals surface area contributed by atoms with Gasteiger partial charge in [-0.05, 0) is 49.0 Å². The molecule has 1 aliphatic rings. The van der Waals surface area contributed by atoms with E-state index >= 15 is 0 Å². The fraction of sp³-hybridized carbons (Fsp3) is 0.273. The molecule has 0 bridgehead atoms. The summed E-state index contributed by atoms with van der Waals surface area (Å²) in [4.78, 5) is 21.6. The zero-order valence-corrected chi connectivity index (χ0v) is 16.8. The summed E-state index contributed by atoms with van der Waals surface area (Å²) in [7, 11) is 2.12. The van der Waals surface area contributed by atoms with Gasteiger partial charge in [-0.2, -0.15) is 10.4 Å². The third-order valence-corrected chi connectivity index (χ3v) is 5.15. The minimum atomic E-state index is -0.247. The minimum absolute atomic E-state index is 0.247. The molecule has 1 saturated heterocycles. The first-order chi connectivity index (χ1) is 14.6. The van der Waals surface area contributed by atoms with E-state index in [-0.39, 0.29) is 5.91 Å². The molecule has 0 spiro atoms. The van der Waals surface area contributed by atoms with E-state index in [1.807, 2.05) is 18.2 Å². The summed E-state index contributed by atoms with van der Waals surface area (Å²) in [6.07, 6.45) is 3.50. The number of nitriles is 1. The Morgan fingerprint density at radius 1 is 1.17 bits per heavy atom. The molecule has 0 saturated carbocycles. The Morgan fingerprint density at radius 3 is 2.80 bits per heavy atom. The van der Waals surface area contributed by atoms with Crippen LogP contribution < -0.4 is 10.2 Å². The summed E-state index contributed by atoms with van der Waals surface area (Å²) in [6, 6.07) is 14.8. The van der Waals surface area contributed by atoms with Crippen molar-refractivity contribution in [3.05, 3.63) is 71.7 Å². The zero-order chi connectivity index (χ0) is 20.9. The number of anilines is 1. The largest absolute Gasteiger partial charge is 0.354 e. The van der Waals surface area contributed by atoms with Crippen molar-refractivity contribution in [2.45, 2.75) is 6.54 Å². The van der Waals surface area contributed by atoms with Crippen molar-refractivity contribution >= 4 is 11.7 Å². The second-order valence-corrected chi connectivity index (χ2v) is 7.30. The minimum Gasteiger partial charge on any atom is -0.354 e. The lowest BCUT2D eigenvalue weighted by Crippen LogP contribution is -2.44. The molecule has 0 radical (unpaired) electrons. The molecule has 8 nitrogen and oxygen atoms in total. The topological polar surface area (TPSA) is 90.1 Å². The number of likely N-dealkylation sites (N-methyl/N-ethyl adjacent to an activating group) is 1. The molecule has 4 rings (SSSR count). The average Bonchev–Trinajstić information content (AvgIpc) is 3.29. The van der Waals surface area contributed by atoms with Crippen molar-refractivity contribution in [1.29, 1.82) is 5.26 Å². The number of amides is 1. The molecule has 3 heterocycles. The predicted octanol–water partition coefficient (Wildman–Crippen LogP) is 1.82. The molecule has 0 unspecified atom stereocenters. The fourth-order valence-electron chi connectivity index (χ4n) is 3.36. The number of aromatic nitrogens is 3. The highest BCUT2D eigenvalue weighted by Gasteiger charge is 2.16. The van der Waals surface area contributed by atoms with Crippen LogP contribution >= 0.6 is 0 Å². The quantitative estimate of drug-likeness (QED) is 0.701. The standard InChI is InChI=1S/C22H23N7O/c1-27-9-11-28(12-10-27)21-14-18(5-7-24-21)16-25-22(30)20-6-8-29(26-20)19-4-2-3-17(13-19)15-23/h2-8,13-14H,9-12,16H2,1H3,(H,25,30). The highest BCUT2D eigenvalue weighted by Crippen LogP contribution is 2.15. The summed E-state index contributed by atoms with van der Waals surface area (Å²) in [5.74, 6) is 0.694. The maximum Gasteiger partial charge on any atom is 0.272 e. The smallest absolute Gasteiger partial charge is 0.272 e. The maximum absolute atomic E-state index is 12.5. The van der Waals surface area contributed by atoms with Gasteiger partial charge in [-0.25, -0.2) is 9.67 Å². The van der Waals surface area contributed by atoms with Gasteiger partial charge in [0.2, 0.25) is 0 Å². The van der Waals surface area contributed by atoms with Crippen molar-refractivity contribution in [2.24, 2.45) is 0 Å². The SMILES string of the molecule is CN1CCN(c2cc(CNC(=O)c3ccn(-c4cccc(C#N)c4)n3)ccn2)CC1. The van der Waals surface area contributed by atoms with E-state index in [2.05, 4.69) is 38.3 Å². The van der Waals surface area contributed by atoms with Gasteiger partial charge in [0.1, 0.15) is 5.82 Å². The van der Waals surface area contributed by atoms with E-state index in [1.54, 1.807) is 41.3 Å². The highest BCUT2D eigenvalue weighted by atomic mass is 16.1. The molecule has 8 heteroatoms. The van der Waals surface area contributed by atoms with Gasteiger partial charge in [-0.1, -0.05) is 6.07 Å². The van der Waals surface area contributed by atoms with Crippen molar-refractivity contribution in [2.75, 3.05) is 38.1 Å². The summed E-state index contributed by atoms with van der Waals surface area (Å²) < 4.78 is 1.59. The van der Waals surface area contributed by atoms with E-state index in [4.69, 9.17) is 5.26 Å². The normalized spacial score (nSPS) is 14.3. The van der Waals surface area contributed by atoms with Crippen LogP contribution in [0.4, 0.5) is 5.82 Å². The third-order valence-electron chi connectivity index (χ3n) is 5.15. The summed E-state index contributed by atoms with van der Waals surface area (Å²) in [6.45, 7) is 4.33. The van der Waals surface area contributed by atoms with E-state index in [1.165, 1.54) is 0 Å². The zero-order valence-electron chi connectivity index (χ0n) is 16.8. The maximum atomic E-state index is 12.5. The van der Waals surface area contributed by atoms with Crippen LogP contribution in [0.1, 0.15) is 21.6 Å². The Balaban J connectivity index is 1.39. The van der Waals surface area contributed by atoms with Crippen LogP contribution in [0.5, 0.6) is 0 Å². The molecule has 0 atom stereocenters. The van der Waals surface area contributed by atoms with Crippen LogP contribution in [0.3, 0.4) is 0 Å². The molecule has 1 amide bonds. The predicted molar refractivity (Wildman–Crippen MR) is 113 cm³/mol. The van der Waals surface area contributed by atoms with Crippen molar-refractivity contribution in [3.63, 3.8) is 0 Å². The number of benzene rings is 1. The number of piperazine rings is 1. The Labute approximate surface area is 175 Å². The number of carbonyl (C=O) groups excluding carboxylic acids is 1. The van der Waals surface area contributed by atoms with Crippen molar-refractivity contribution in [3.8, 4) is 11.8 Å². The van der Waals surface area contributed by atoms with E-state index < -0.39 is 0 Å². The lowest BCUT2D eigenvalue weighted by molar-refractivity contribution is 0.0945. The summed E-state index contributed by atoms with van der Waals surface area (Å²) >= 11 is 0. The van der Waals surface area contributed by atoms with E-state index in [9.17, 15) is 4.79 Å². The number of hydrogen-bond donors (Lipinski definition) is 1. The Morgan fingerprint density at radius 2 is 2.00 bits per heavy atom. The first kappa shape index (κ1) is 19.6. The first-order valence-electron chi connectivity index (χ1n) is 9.85. The van der Waals surface area contributed by atoms with Crippen LogP contribution in [0.15, 0.2) is 54.9 Å². The molecular weight excluding hydrogens is 378 g/mol. The van der Waals surface area contributed by atoms with Crippen molar-refractivity contribution < 1.29 is 4.79 Å². The monoisotopic (exact) mass is 401 g/mol. The number of carbonyl (C=O) groups is 1. The van der Waals surface area contributed by atoms with E-state index in [0.29, 0.717) is 17.8 Å². The highest BCUT2D eigenvalue weighted by molar-refractivity contribution is 5.92. The van der Waals surface area contributed by atoms with Gasteiger partial charge in [-0.15, -0.1) is 0 Å². The Kier molecular flexibility index (Phi) is 5.72. The molecule has 30 heavy (non-hydrogen) atoms. The van der Waals surface area contributed by atoms with Crippen LogP contribution in [0.2, 0.25) is 0 Å². The fourth-order valence-corrected chi connectivity index (χ4v) is 3.36. The van der Waals surface area contributed by atoms with Gasteiger partial charge in [0, 0.05) is 45.1 Å². The second-order valence-electron chi connectivity index (χ2n) is 7.30. The van der Waals surface area contributed by atoms with E-state index in [0.717, 1.165) is 43.2 Å². The number of pyridine rings is 1. The molecule has 3 aromatic rings. The Hall–Kier alpha value is -3.70. The number of rotatable bonds is 5. The first-order valence-corrected chi connectivity index (χ1v) is 9.85. The molecule has 0 aliphatic carbocycles. The lowest BCUT2D eigenvalue weighted by atomic mass is 10.2. The third kappa shape index (κ3) is 4.47. The van der Waals surface area contributed by atoms with Gasteiger partial charge < -0.3 is 15.1 Å². The molecule has 1 aliphatic heterocycles. The molecule has 152 valence electrons. The molecule has 1 fully saturated rings. The summed E-state index contributed by atoms with van der Waals surface area (Å²) in [5.41, 5.74) is 2.60. The van der Waals surface area contributed by atoms with Crippen LogP contribution in [-0.2, 0) is 6.54 Å². The molecular formula is C22H23N7O. The number of hydrogen-bond acceptors (Lipinski definition) is 6. The number of nitrogens with zero attached hydrogens (tertiary/aromatic N) is 6. The van der Waals surface area contributed by atoms with Gasteiger partial charge in [0.25, 0.3) is 5.91 Å². The van der Waals surface area contributed by atoms with Gasteiger partial charge in [0.15, 0.2) is 5.69 Å². The Bertz CT molecular complexity index is 1080. The average molecular weight is 401 g/mol. The lowest BCUT2D eigenvalue weighted by Gasteiger charge is -2.33. The van der Waals surface area contributed by atoms with Crippen LogP contribution in [-0.4, -0.2) is 58.8 Å². The number of nitrogens with one attached hydrogen (secondary N) is 1.